The molecule has 0 saturated heterocycles. The molecule has 2 aromatic rings. The topological polar surface area (TPSA) is 21.6 Å². The summed E-state index contributed by atoms with van der Waals surface area (Å²) < 4.78 is 5.89. The highest BCUT2D eigenvalue weighted by Gasteiger charge is 2.16. The number of para-hydroxylation sites is 2. The quantitative estimate of drug-likeness (QED) is 0.731. The van der Waals surface area contributed by atoms with Gasteiger partial charge in [-0.3, -0.25) is 4.99 Å². The molecule has 0 bridgehead atoms. The molecule has 0 aliphatic carbocycles. The van der Waals surface area contributed by atoms with Crippen molar-refractivity contribution in [1.29, 1.82) is 0 Å². The van der Waals surface area contributed by atoms with Gasteiger partial charge in [0.05, 0.1) is 12.3 Å². The summed E-state index contributed by atoms with van der Waals surface area (Å²) in [5, 5.41) is 0. The molecule has 1 heterocycles. The van der Waals surface area contributed by atoms with Gasteiger partial charge in [-0.15, -0.1) is 0 Å². The summed E-state index contributed by atoms with van der Waals surface area (Å²) in [6.45, 7) is 4.26. The molecule has 1 atom stereocenters. The summed E-state index contributed by atoms with van der Waals surface area (Å²) in [6, 6.07) is 16.1. The Labute approximate surface area is 113 Å². The van der Waals surface area contributed by atoms with Gasteiger partial charge in [0, 0.05) is 11.5 Å². The Morgan fingerprint density at radius 2 is 1.84 bits per heavy atom. The molecular formula is C17H15NO. The zero-order chi connectivity index (χ0) is 13.1. The van der Waals surface area contributed by atoms with Gasteiger partial charge in [0.15, 0.2) is 0 Å². The van der Waals surface area contributed by atoms with Crippen LogP contribution < -0.4 is 4.74 Å². The van der Waals surface area contributed by atoms with E-state index in [2.05, 4.69) is 36.0 Å². The minimum Gasteiger partial charge on any atom is -0.492 e. The molecule has 2 aromatic carbocycles. The monoisotopic (exact) mass is 249 g/mol. The number of benzene rings is 2. The lowest BCUT2D eigenvalue weighted by Gasteiger charge is -2.14. The Balaban J connectivity index is 1.95. The van der Waals surface area contributed by atoms with Gasteiger partial charge in [-0.05, 0) is 24.4 Å². The van der Waals surface area contributed by atoms with Crippen molar-refractivity contribution in [1.82, 2.24) is 0 Å². The van der Waals surface area contributed by atoms with Gasteiger partial charge in [0.1, 0.15) is 5.75 Å². The van der Waals surface area contributed by atoms with Crippen molar-refractivity contribution in [3.8, 4) is 5.75 Å². The Kier molecular flexibility index (Phi) is 3.15. The zero-order valence-electron chi connectivity index (χ0n) is 10.6. The molecule has 0 aromatic heterocycles. The zero-order valence-corrected chi connectivity index (χ0v) is 10.6. The third-order valence-electron chi connectivity index (χ3n) is 3.35. The van der Waals surface area contributed by atoms with Gasteiger partial charge < -0.3 is 4.74 Å². The van der Waals surface area contributed by atoms with Crippen LogP contribution in [0.15, 0.2) is 59.6 Å². The lowest BCUT2D eigenvalue weighted by molar-refractivity contribution is 0.308. The number of hydrogen-bond donors (Lipinski definition) is 0. The number of rotatable bonds is 2. The Hall–Kier alpha value is -2.35. The fourth-order valence-corrected chi connectivity index (χ4v) is 2.34. The first kappa shape index (κ1) is 11.7. The van der Waals surface area contributed by atoms with E-state index in [-0.39, 0.29) is 5.92 Å². The average Bonchev–Trinajstić information content (AvgIpc) is 2.70. The SMILES string of the molecule is C=Nc1ccccc1[C@@H]1C=Cc2ccccc2OC1. The number of fused-ring (bicyclic) bond motifs is 1. The van der Waals surface area contributed by atoms with E-state index in [9.17, 15) is 0 Å². The summed E-state index contributed by atoms with van der Waals surface area (Å²) in [5.41, 5.74) is 3.20. The Morgan fingerprint density at radius 1 is 1.05 bits per heavy atom. The summed E-state index contributed by atoms with van der Waals surface area (Å²) in [6.07, 6.45) is 4.29. The van der Waals surface area contributed by atoms with Crippen LogP contribution in [0.25, 0.3) is 6.08 Å². The fourth-order valence-electron chi connectivity index (χ4n) is 2.34. The van der Waals surface area contributed by atoms with Gasteiger partial charge in [0.2, 0.25) is 0 Å². The largest absolute Gasteiger partial charge is 0.492 e. The molecular weight excluding hydrogens is 234 g/mol. The van der Waals surface area contributed by atoms with E-state index >= 15 is 0 Å². The first-order chi connectivity index (χ1) is 9.38. The van der Waals surface area contributed by atoms with Gasteiger partial charge >= 0.3 is 0 Å². The van der Waals surface area contributed by atoms with Crippen molar-refractivity contribution in [2.24, 2.45) is 4.99 Å². The van der Waals surface area contributed by atoms with Crippen molar-refractivity contribution >= 4 is 18.5 Å². The van der Waals surface area contributed by atoms with E-state index in [1.54, 1.807) is 0 Å². The molecule has 0 N–H and O–H groups in total. The van der Waals surface area contributed by atoms with Crippen molar-refractivity contribution < 1.29 is 4.74 Å². The lowest BCUT2D eigenvalue weighted by atomic mass is 9.97. The average molecular weight is 249 g/mol. The minimum absolute atomic E-state index is 0.203. The highest BCUT2D eigenvalue weighted by atomic mass is 16.5. The summed E-state index contributed by atoms with van der Waals surface area (Å²) >= 11 is 0. The van der Waals surface area contributed by atoms with Crippen LogP contribution in [-0.4, -0.2) is 13.3 Å². The van der Waals surface area contributed by atoms with Crippen molar-refractivity contribution in [3.63, 3.8) is 0 Å². The molecule has 0 fully saturated rings. The lowest BCUT2D eigenvalue weighted by Crippen LogP contribution is -2.07. The first-order valence-corrected chi connectivity index (χ1v) is 6.34. The van der Waals surface area contributed by atoms with Crippen LogP contribution in [0.4, 0.5) is 5.69 Å². The fraction of sp³-hybridized carbons (Fsp3) is 0.118. The van der Waals surface area contributed by atoms with Crippen LogP contribution in [0.5, 0.6) is 5.75 Å². The van der Waals surface area contributed by atoms with Crippen LogP contribution in [0.1, 0.15) is 17.0 Å². The van der Waals surface area contributed by atoms with E-state index in [0.29, 0.717) is 6.61 Å². The molecule has 3 rings (SSSR count). The third kappa shape index (κ3) is 2.29. The maximum atomic E-state index is 5.89. The number of ether oxygens (including phenoxy) is 1. The van der Waals surface area contributed by atoms with Crippen LogP contribution >= 0.6 is 0 Å². The van der Waals surface area contributed by atoms with E-state index in [1.807, 2.05) is 36.4 Å². The van der Waals surface area contributed by atoms with Gasteiger partial charge in [-0.25, -0.2) is 0 Å². The molecule has 1 aliphatic rings. The van der Waals surface area contributed by atoms with Crippen LogP contribution in [0.2, 0.25) is 0 Å². The van der Waals surface area contributed by atoms with Crippen LogP contribution in [0.3, 0.4) is 0 Å². The van der Waals surface area contributed by atoms with Crippen molar-refractivity contribution in [2.75, 3.05) is 6.61 Å². The third-order valence-corrected chi connectivity index (χ3v) is 3.35. The molecule has 19 heavy (non-hydrogen) atoms. The molecule has 0 spiro atoms. The molecule has 94 valence electrons. The molecule has 2 heteroatoms. The maximum Gasteiger partial charge on any atom is 0.126 e. The highest BCUT2D eigenvalue weighted by molar-refractivity contribution is 5.61. The summed E-state index contributed by atoms with van der Waals surface area (Å²) in [5.74, 6) is 1.14. The molecule has 0 saturated carbocycles. The molecule has 1 aliphatic heterocycles. The normalized spacial score (nSPS) is 17.2. The van der Waals surface area contributed by atoms with Crippen molar-refractivity contribution in [2.45, 2.75) is 5.92 Å². The predicted molar refractivity (Wildman–Crippen MR) is 79.4 cm³/mol. The molecule has 0 radical (unpaired) electrons. The second-order valence-electron chi connectivity index (χ2n) is 4.53. The van der Waals surface area contributed by atoms with Crippen LogP contribution in [-0.2, 0) is 0 Å². The maximum absolute atomic E-state index is 5.89. The Bertz CT molecular complexity index is 631. The van der Waals surface area contributed by atoms with E-state index < -0.39 is 0 Å². The second-order valence-corrected chi connectivity index (χ2v) is 4.53. The standard InChI is InChI=1S/C17H15NO/c1-18-16-8-4-3-7-15(16)14-11-10-13-6-2-5-9-17(13)19-12-14/h2-11,14H,1,12H2/t14-/m1/s1. The molecule has 2 nitrogen and oxygen atoms in total. The summed E-state index contributed by atoms with van der Waals surface area (Å²) in [4.78, 5) is 4.09. The number of aliphatic imine (C=N–C) groups is 1. The smallest absolute Gasteiger partial charge is 0.126 e. The molecule has 0 unspecified atom stereocenters. The van der Waals surface area contributed by atoms with E-state index in [1.165, 1.54) is 0 Å². The van der Waals surface area contributed by atoms with E-state index in [4.69, 9.17) is 4.74 Å². The van der Waals surface area contributed by atoms with E-state index in [0.717, 1.165) is 22.6 Å². The van der Waals surface area contributed by atoms with Crippen molar-refractivity contribution in [3.05, 3.63) is 65.7 Å². The van der Waals surface area contributed by atoms with Gasteiger partial charge in [-0.2, -0.15) is 0 Å². The number of nitrogens with zero attached hydrogens (tertiary/aromatic N) is 1. The van der Waals surface area contributed by atoms with Gasteiger partial charge in [0.25, 0.3) is 0 Å². The summed E-state index contributed by atoms with van der Waals surface area (Å²) in [7, 11) is 0. The Morgan fingerprint density at radius 3 is 2.74 bits per heavy atom. The molecule has 0 amide bonds. The predicted octanol–water partition coefficient (Wildman–Crippen LogP) is 4.21. The van der Waals surface area contributed by atoms with Crippen LogP contribution in [0, 0.1) is 0 Å². The number of hydrogen-bond acceptors (Lipinski definition) is 2. The first-order valence-electron chi connectivity index (χ1n) is 6.34. The second kappa shape index (κ2) is 5.11. The minimum atomic E-state index is 0.203. The van der Waals surface area contributed by atoms with Gasteiger partial charge in [-0.1, -0.05) is 48.6 Å². The highest BCUT2D eigenvalue weighted by Crippen LogP contribution is 2.32.